The molecule has 6 rings (SSSR count). The van der Waals surface area contributed by atoms with Gasteiger partial charge in [-0.15, -0.1) is 11.3 Å². The summed E-state index contributed by atoms with van der Waals surface area (Å²) in [6.45, 7) is 10.6. The van der Waals surface area contributed by atoms with Gasteiger partial charge in [0.1, 0.15) is 0 Å². The topological polar surface area (TPSA) is 74.9 Å². The molecule has 7 heteroatoms. The number of thiazole rings is 1. The van der Waals surface area contributed by atoms with Gasteiger partial charge in [-0.1, -0.05) is 54.6 Å². The van der Waals surface area contributed by atoms with E-state index < -0.39 is 11.1 Å². The van der Waals surface area contributed by atoms with Crippen molar-refractivity contribution in [2.45, 2.75) is 63.0 Å². The molecule has 1 aliphatic carbocycles. The van der Waals surface area contributed by atoms with Crippen LogP contribution in [-0.4, -0.2) is 78.0 Å². The molecule has 1 atom stereocenters. The van der Waals surface area contributed by atoms with E-state index >= 15 is 0 Å². The smallest absolute Gasteiger partial charge is 0.0939 e. The first kappa shape index (κ1) is 29.0. The molecular weight excluding hydrogens is 528 g/mol. The minimum absolute atomic E-state index is 0.436. The third-order valence-corrected chi connectivity index (χ3v) is 10.5. The summed E-state index contributed by atoms with van der Waals surface area (Å²) in [4.78, 5) is 11.7. The number of morpholine rings is 1. The third-order valence-electron chi connectivity index (χ3n) is 9.38. The standard InChI is InChI=1S/C34H46N4O2S/c1-33(39)24-34(35,25-33)29-12-10-27(11-13-29)31-32(28-7-3-2-4-8-28)41-30(36-31)14-9-26-6-5-16-37(17-15-26)18-19-38-20-22-40-23-21-38/h2-4,7-8,10-13,26,39H,5-6,9,14-25,35H2,1H3. The first-order valence-corrected chi connectivity index (χ1v) is 16.4. The van der Waals surface area contributed by atoms with E-state index in [1.807, 2.05) is 18.3 Å². The van der Waals surface area contributed by atoms with Crippen molar-refractivity contribution in [2.24, 2.45) is 11.7 Å². The number of likely N-dealkylation sites (tertiary alicyclic amines) is 1. The largest absolute Gasteiger partial charge is 0.390 e. The molecule has 2 aliphatic heterocycles. The van der Waals surface area contributed by atoms with Crippen molar-refractivity contribution in [1.82, 2.24) is 14.8 Å². The molecule has 3 N–H and O–H groups in total. The molecule has 2 aromatic carbocycles. The summed E-state index contributed by atoms with van der Waals surface area (Å²) in [5, 5.41) is 11.5. The maximum absolute atomic E-state index is 10.3. The SMILES string of the molecule is CC1(O)CC(N)(c2ccc(-c3nc(CCC4CCCN(CCN5CCOCC5)CC4)sc3-c3ccccc3)cc2)C1. The van der Waals surface area contributed by atoms with E-state index in [-0.39, 0.29) is 0 Å². The van der Waals surface area contributed by atoms with Crippen molar-refractivity contribution in [1.29, 1.82) is 0 Å². The van der Waals surface area contributed by atoms with Crippen LogP contribution in [0.3, 0.4) is 0 Å². The van der Waals surface area contributed by atoms with Crippen LogP contribution in [0.5, 0.6) is 0 Å². The highest BCUT2D eigenvalue weighted by atomic mass is 32.1. The molecule has 3 aliphatic rings. The molecule has 0 radical (unpaired) electrons. The number of nitrogens with two attached hydrogens (primary N) is 1. The van der Waals surface area contributed by atoms with Crippen LogP contribution < -0.4 is 5.73 Å². The highest BCUT2D eigenvalue weighted by Gasteiger charge is 2.49. The molecule has 1 aromatic heterocycles. The minimum Gasteiger partial charge on any atom is -0.390 e. The average molecular weight is 575 g/mol. The molecule has 3 heterocycles. The Morgan fingerprint density at radius 1 is 0.927 bits per heavy atom. The molecule has 1 unspecified atom stereocenters. The Labute approximate surface area is 249 Å². The van der Waals surface area contributed by atoms with E-state index in [4.69, 9.17) is 15.5 Å². The molecule has 41 heavy (non-hydrogen) atoms. The fourth-order valence-corrected chi connectivity index (χ4v) is 8.20. The van der Waals surface area contributed by atoms with Gasteiger partial charge in [-0.3, -0.25) is 4.90 Å². The molecule has 0 amide bonds. The van der Waals surface area contributed by atoms with Crippen LogP contribution in [0.15, 0.2) is 54.6 Å². The number of aryl methyl sites for hydroxylation is 1. The monoisotopic (exact) mass is 574 g/mol. The van der Waals surface area contributed by atoms with Crippen molar-refractivity contribution in [3.05, 3.63) is 65.2 Å². The maximum Gasteiger partial charge on any atom is 0.0939 e. The summed E-state index contributed by atoms with van der Waals surface area (Å²) in [6.07, 6.45) is 7.38. The molecule has 3 aromatic rings. The predicted molar refractivity (Wildman–Crippen MR) is 168 cm³/mol. The Hall–Kier alpha value is -2.13. The summed E-state index contributed by atoms with van der Waals surface area (Å²) in [6, 6.07) is 19.3. The Morgan fingerprint density at radius 2 is 1.63 bits per heavy atom. The lowest BCUT2D eigenvalue weighted by Gasteiger charge is -2.49. The molecule has 0 spiro atoms. The summed E-state index contributed by atoms with van der Waals surface area (Å²) < 4.78 is 5.51. The number of hydrogen-bond donors (Lipinski definition) is 2. The Morgan fingerprint density at radius 3 is 2.34 bits per heavy atom. The van der Waals surface area contributed by atoms with Crippen LogP contribution in [0.4, 0.5) is 0 Å². The predicted octanol–water partition coefficient (Wildman–Crippen LogP) is 5.54. The third kappa shape index (κ3) is 7.10. The van der Waals surface area contributed by atoms with Crippen molar-refractivity contribution in [2.75, 3.05) is 52.5 Å². The van der Waals surface area contributed by atoms with Gasteiger partial charge in [0.15, 0.2) is 0 Å². The van der Waals surface area contributed by atoms with Gasteiger partial charge in [0.05, 0.1) is 34.4 Å². The van der Waals surface area contributed by atoms with Gasteiger partial charge in [-0.2, -0.15) is 0 Å². The van der Waals surface area contributed by atoms with Gasteiger partial charge < -0.3 is 20.5 Å². The summed E-state index contributed by atoms with van der Waals surface area (Å²) in [5.74, 6) is 0.774. The molecule has 6 nitrogen and oxygen atoms in total. The normalized spacial score (nSPS) is 27.8. The zero-order valence-corrected chi connectivity index (χ0v) is 25.4. The summed E-state index contributed by atoms with van der Waals surface area (Å²) >= 11 is 1.86. The number of aromatic nitrogens is 1. The van der Waals surface area contributed by atoms with Crippen LogP contribution in [0.25, 0.3) is 21.7 Å². The van der Waals surface area contributed by atoms with Crippen molar-refractivity contribution in [3.63, 3.8) is 0 Å². The second-order valence-electron chi connectivity index (χ2n) is 12.9. The van der Waals surface area contributed by atoms with E-state index in [9.17, 15) is 5.11 Å². The Balaban J connectivity index is 1.10. The van der Waals surface area contributed by atoms with Gasteiger partial charge in [0.25, 0.3) is 0 Å². The minimum atomic E-state index is -0.656. The zero-order chi connectivity index (χ0) is 28.3. The molecular formula is C34H46N4O2S. The number of hydrogen-bond acceptors (Lipinski definition) is 7. The quantitative estimate of drug-likeness (QED) is 0.350. The molecule has 1 saturated carbocycles. The second kappa shape index (κ2) is 12.6. The number of rotatable bonds is 9. The van der Waals surface area contributed by atoms with E-state index in [2.05, 4.69) is 64.4 Å². The maximum atomic E-state index is 10.3. The molecule has 2 saturated heterocycles. The fraction of sp³-hybridized carbons (Fsp3) is 0.559. The van der Waals surface area contributed by atoms with E-state index in [0.717, 1.165) is 55.5 Å². The van der Waals surface area contributed by atoms with Gasteiger partial charge in [-0.25, -0.2) is 4.98 Å². The Bertz CT molecular complexity index is 1260. The van der Waals surface area contributed by atoms with E-state index in [0.29, 0.717) is 12.8 Å². The van der Waals surface area contributed by atoms with E-state index in [1.165, 1.54) is 67.3 Å². The molecule has 220 valence electrons. The lowest BCUT2D eigenvalue weighted by atomic mass is 9.63. The van der Waals surface area contributed by atoms with Crippen LogP contribution in [0.2, 0.25) is 0 Å². The number of benzene rings is 2. The summed E-state index contributed by atoms with van der Waals surface area (Å²) in [7, 11) is 0. The molecule has 0 bridgehead atoms. The van der Waals surface area contributed by atoms with Crippen LogP contribution in [-0.2, 0) is 16.7 Å². The van der Waals surface area contributed by atoms with Crippen LogP contribution in [0, 0.1) is 5.92 Å². The van der Waals surface area contributed by atoms with Gasteiger partial charge in [-0.05, 0) is 82.0 Å². The highest BCUT2D eigenvalue weighted by molar-refractivity contribution is 7.15. The number of nitrogens with zero attached hydrogens (tertiary/aromatic N) is 3. The fourth-order valence-electron chi connectivity index (χ4n) is 7.10. The lowest BCUT2D eigenvalue weighted by molar-refractivity contribution is -0.0738. The van der Waals surface area contributed by atoms with E-state index in [1.54, 1.807) is 0 Å². The average Bonchev–Trinajstić information content (AvgIpc) is 3.27. The van der Waals surface area contributed by atoms with Crippen LogP contribution in [0.1, 0.15) is 56.0 Å². The van der Waals surface area contributed by atoms with Crippen molar-refractivity contribution >= 4 is 11.3 Å². The van der Waals surface area contributed by atoms with Gasteiger partial charge in [0, 0.05) is 37.3 Å². The first-order chi connectivity index (χ1) is 19.9. The number of ether oxygens (including phenoxy) is 1. The highest BCUT2D eigenvalue weighted by Crippen LogP contribution is 2.46. The summed E-state index contributed by atoms with van der Waals surface area (Å²) in [5.41, 5.74) is 10.0. The molecule has 3 fully saturated rings. The van der Waals surface area contributed by atoms with Crippen LogP contribution >= 0.6 is 11.3 Å². The second-order valence-corrected chi connectivity index (χ2v) is 14.0. The number of aliphatic hydroxyl groups is 1. The Kier molecular flexibility index (Phi) is 8.92. The van der Waals surface area contributed by atoms with Gasteiger partial charge in [0.2, 0.25) is 0 Å². The van der Waals surface area contributed by atoms with Crippen molar-refractivity contribution < 1.29 is 9.84 Å². The lowest BCUT2D eigenvalue weighted by Crippen LogP contribution is -2.58. The van der Waals surface area contributed by atoms with Crippen molar-refractivity contribution in [3.8, 4) is 21.7 Å². The zero-order valence-electron chi connectivity index (χ0n) is 24.6. The van der Waals surface area contributed by atoms with Gasteiger partial charge >= 0.3 is 0 Å². The first-order valence-electron chi connectivity index (χ1n) is 15.6.